The maximum atomic E-state index is 12.3. The predicted molar refractivity (Wildman–Crippen MR) is 78.4 cm³/mol. The zero-order valence-corrected chi connectivity index (χ0v) is 13.2. The van der Waals surface area contributed by atoms with Gasteiger partial charge in [-0.2, -0.15) is 5.10 Å². The van der Waals surface area contributed by atoms with Gasteiger partial charge in [0.15, 0.2) is 0 Å². The molecule has 0 radical (unpaired) electrons. The van der Waals surface area contributed by atoms with E-state index >= 15 is 0 Å². The third-order valence-electron chi connectivity index (χ3n) is 2.74. The number of sulfonamides is 1. The number of hydrogen-bond donors (Lipinski definition) is 1. The van der Waals surface area contributed by atoms with Gasteiger partial charge in [-0.3, -0.25) is 4.68 Å². The van der Waals surface area contributed by atoms with Gasteiger partial charge in [0.2, 0.25) is 10.0 Å². The van der Waals surface area contributed by atoms with Crippen LogP contribution in [0, 0.1) is 0 Å². The first-order chi connectivity index (χ1) is 9.29. The Morgan fingerprint density at radius 3 is 2.65 bits per heavy atom. The monoisotopic (exact) mass is 333 g/mol. The Labute approximate surface area is 127 Å². The summed E-state index contributed by atoms with van der Waals surface area (Å²) in [6.07, 6.45) is 3.35. The van der Waals surface area contributed by atoms with Crippen molar-refractivity contribution in [3.05, 3.63) is 46.2 Å². The lowest BCUT2D eigenvalue weighted by Crippen LogP contribution is -2.27. The van der Waals surface area contributed by atoms with Crippen LogP contribution in [0.25, 0.3) is 0 Å². The molecule has 0 fully saturated rings. The van der Waals surface area contributed by atoms with Crippen molar-refractivity contribution in [2.75, 3.05) is 0 Å². The first kappa shape index (κ1) is 15.3. The van der Waals surface area contributed by atoms with Crippen molar-refractivity contribution in [3.63, 3.8) is 0 Å². The lowest BCUT2D eigenvalue weighted by Gasteiger charge is -2.13. The third-order valence-corrected chi connectivity index (χ3v) is 5.00. The van der Waals surface area contributed by atoms with Crippen molar-refractivity contribution in [1.82, 2.24) is 14.5 Å². The minimum atomic E-state index is -3.76. The van der Waals surface area contributed by atoms with Crippen LogP contribution in [-0.4, -0.2) is 18.2 Å². The normalized spacial score (nSPS) is 13.4. The standard InChI is InChI=1S/C12H13Cl2N3O2S/c1-8(9-6-15-17(2)7-9)16-20(18,19)12-5-10(13)3-4-11(12)14/h3-8,16H,1-2H3/t8-/m0/s1. The van der Waals surface area contributed by atoms with Crippen LogP contribution >= 0.6 is 23.2 Å². The number of aryl methyl sites for hydroxylation is 1. The molecule has 0 aliphatic carbocycles. The van der Waals surface area contributed by atoms with Crippen molar-refractivity contribution < 1.29 is 8.42 Å². The molecule has 0 amide bonds. The quantitative estimate of drug-likeness (QED) is 0.935. The van der Waals surface area contributed by atoms with Gasteiger partial charge in [0, 0.05) is 29.9 Å². The van der Waals surface area contributed by atoms with E-state index in [1.807, 2.05) is 0 Å². The molecule has 1 heterocycles. The van der Waals surface area contributed by atoms with Gasteiger partial charge in [0.25, 0.3) is 0 Å². The maximum absolute atomic E-state index is 12.3. The molecule has 0 saturated heterocycles. The van der Waals surface area contributed by atoms with E-state index < -0.39 is 16.1 Å². The predicted octanol–water partition coefficient (Wildman–Crippen LogP) is 2.77. The maximum Gasteiger partial charge on any atom is 0.242 e. The summed E-state index contributed by atoms with van der Waals surface area (Å²) in [6, 6.07) is 3.88. The van der Waals surface area contributed by atoms with Gasteiger partial charge in [-0.25, -0.2) is 13.1 Å². The summed E-state index contributed by atoms with van der Waals surface area (Å²) >= 11 is 11.7. The summed E-state index contributed by atoms with van der Waals surface area (Å²) in [4.78, 5) is -0.0394. The highest BCUT2D eigenvalue weighted by Gasteiger charge is 2.22. The molecule has 8 heteroatoms. The van der Waals surface area contributed by atoms with Crippen LogP contribution in [0.2, 0.25) is 10.0 Å². The molecule has 1 aromatic carbocycles. The molecule has 1 atom stereocenters. The molecule has 20 heavy (non-hydrogen) atoms. The molecule has 0 aliphatic heterocycles. The van der Waals surface area contributed by atoms with Crippen molar-refractivity contribution in [2.24, 2.45) is 7.05 Å². The molecule has 5 nitrogen and oxygen atoms in total. The molecule has 0 bridgehead atoms. The molecular weight excluding hydrogens is 321 g/mol. The van der Waals surface area contributed by atoms with Crippen molar-refractivity contribution in [3.8, 4) is 0 Å². The second-order valence-corrected chi connectivity index (χ2v) is 6.89. The van der Waals surface area contributed by atoms with E-state index in [1.165, 1.54) is 18.2 Å². The SMILES string of the molecule is C[C@H](NS(=O)(=O)c1cc(Cl)ccc1Cl)c1cnn(C)c1. The third kappa shape index (κ3) is 3.32. The first-order valence-corrected chi connectivity index (χ1v) is 7.99. The van der Waals surface area contributed by atoms with Crippen LogP contribution in [0.4, 0.5) is 0 Å². The van der Waals surface area contributed by atoms with Crippen LogP contribution in [0.15, 0.2) is 35.5 Å². The highest BCUT2D eigenvalue weighted by atomic mass is 35.5. The average molecular weight is 334 g/mol. The van der Waals surface area contributed by atoms with Crippen LogP contribution in [0.5, 0.6) is 0 Å². The van der Waals surface area contributed by atoms with E-state index in [9.17, 15) is 8.42 Å². The van der Waals surface area contributed by atoms with Gasteiger partial charge in [-0.15, -0.1) is 0 Å². The molecule has 0 aliphatic rings. The summed E-state index contributed by atoms with van der Waals surface area (Å²) < 4.78 is 28.8. The van der Waals surface area contributed by atoms with Crippen molar-refractivity contribution >= 4 is 33.2 Å². The van der Waals surface area contributed by atoms with E-state index in [1.54, 1.807) is 31.0 Å². The number of nitrogens with one attached hydrogen (secondary N) is 1. The summed E-state index contributed by atoms with van der Waals surface area (Å²) in [5.74, 6) is 0. The molecule has 0 unspecified atom stereocenters. The second kappa shape index (κ2) is 5.73. The molecular formula is C12H13Cl2N3O2S. The number of hydrogen-bond acceptors (Lipinski definition) is 3. The minimum absolute atomic E-state index is 0.0394. The Morgan fingerprint density at radius 1 is 1.35 bits per heavy atom. The fourth-order valence-corrected chi connectivity index (χ4v) is 3.71. The zero-order valence-electron chi connectivity index (χ0n) is 10.8. The summed E-state index contributed by atoms with van der Waals surface area (Å²) in [6.45, 7) is 1.73. The van der Waals surface area contributed by atoms with Gasteiger partial charge in [0.1, 0.15) is 4.90 Å². The van der Waals surface area contributed by atoms with E-state index in [0.29, 0.717) is 5.02 Å². The molecule has 1 aromatic heterocycles. The molecule has 0 saturated carbocycles. The average Bonchev–Trinajstić information content (AvgIpc) is 2.78. The van der Waals surface area contributed by atoms with Crippen LogP contribution in [0.1, 0.15) is 18.5 Å². The number of nitrogens with zero attached hydrogens (tertiary/aromatic N) is 2. The summed E-state index contributed by atoms with van der Waals surface area (Å²) in [5, 5.41) is 4.44. The van der Waals surface area contributed by atoms with Crippen molar-refractivity contribution in [2.45, 2.75) is 17.9 Å². The highest BCUT2D eigenvalue weighted by Crippen LogP contribution is 2.26. The number of halogens is 2. The summed E-state index contributed by atoms with van der Waals surface area (Å²) in [7, 11) is -1.99. The van der Waals surface area contributed by atoms with E-state index in [2.05, 4.69) is 9.82 Å². The van der Waals surface area contributed by atoms with Gasteiger partial charge in [0.05, 0.1) is 11.2 Å². The molecule has 0 spiro atoms. The van der Waals surface area contributed by atoms with Gasteiger partial charge < -0.3 is 0 Å². The topological polar surface area (TPSA) is 64.0 Å². The lowest BCUT2D eigenvalue weighted by atomic mass is 10.2. The Bertz CT molecular complexity index is 728. The number of rotatable bonds is 4. The van der Waals surface area contributed by atoms with Crippen LogP contribution < -0.4 is 4.72 Å². The molecule has 2 aromatic rings. The highest BCUT2D eigenvalue weighted by molar-refractivity contribution is 7.89. The Morgan fingerprint density at radius 2 is 2.05 bits per heavy atom. The largest absolute Gasteiger partial charge is 0.275 e. The second-order valence-electron chi connectivity index (χ2n) is 4.37. The Hall–Kier alpha value is -1.08. The van der Waals surface area contributed by atoms with Gasteiger partial charge >= 0.3 is 0 Å². The molecule has 1 N–H and O–H groups in total. The van der Waals surface area contributed by atoms with Gasteiger partial charge in [-0.05, 0) is 25.1 Å². The van der Waals surface area contributed by atoms with Crippen LogP contribution in [0.3, 0.4) is 0 Å². The fourth-order valence-electron chi connectivity index (χ4n) is 1.71. The number of aromatic nitrogens is 2. The zero-order chi connectivity index (χ0) is 14.9. The lowest BCUT2D eigenvalue weighted by molar-refractivity contribution is 0.567. The Balaban J connectivity index is 2.29. The first-order valence-electron chi connectivity index (χ1n) is 5.75. The van der Waals surface area contributed by atoms with Crippen molar-refractivity contribution in [1.29, 1.82) is 0 Å². The Kier molecular flexibility index (Phi) is 4.39. The van der Waals surface area contributed by atoms with Crippen LogP contribution in [-0.2, 0) is 17.1 Å². The molecule has 2 rings (SSSR count). The minimum Gasteiger partial charge on any atom is -0.275 e. The fraction of sp³-hybridized carbons (Fsp3) is 0.250. The molecule has 108 valence electrons. The van der Waals surface area contributed by atoms with E-state index in [4.69, 9.17) is 23.2 Å². The number of benzene rings is 1. The van der Waals surface area contributed by atoms with Gasteiger partial charge in [-0.1, -0.05) is 23.2 Å². The van der Waals surface area contributed by atoms with E-state index in [-0.39, 0.29) is 9.92 Å². The summed E-state index contributed by atoms with van der Waals surface area (Å²) in [5.41, 5.74) is 0.759. The smallest absolute Gasteiger partial charge is 0.242 e. The van der Waals surface area contributed by atoms with E-state index in [0.717, 1.165) is 5.56 Å².